The summed E-state index contributed by atoms with van der Waals surface area (Å²) in [5, 5.41) is 7.30. The van der Waals surface area contributed by atoms with Crippen LogP contribution in [0.2, 0.25) is 0 Å². The van der Waals surface area contributed by atoms with E-state index in [1.165, 1.54) is 0 Å². The Kier molecular flexibility index (Phi) is 6.09. The molecule has 3 aromatic rings. The Morgan fingerprint density at radius 2 is 1.97 bits per heavy atom. The monoisotopic (exact) mass is 447 g/mol. The second-order valence-corrected chi connectivity index (χ2v) is 8.84. The maximum absolute atomic E-state index is 13.2. The van der Waals surface area contributed by atoms with E-state index in [0.29, 0.717) is 30.2 Å². The van der Waals surface area contributed by atoms with Crippen LogP contribution < -0.4 is 5.32 Å². The van der Waals surface area contributed by atoms with Gasteiger partial charge in [-0.25, -0.2) is 4.52 Å². The average molecular weight is 448 g/mol. The van der Waals surface area contributed by atoms with Crippen molar-refractivity contribution in [2.45, 2.75) is 45.1 Å². The summed E-state index contributed by atoms with van der Waals surface area (Å²) in [6, 6.07) is 13.3. The summed E-state index contributed by atoms with van der Waals surface area (Å²) in [4.78, 5) is 31.6. The van der Waals surface area contributed by atoms with Gasteiger partial charge in [-0.05, 0) is 56.4 Å². The van der Waals surface area contributed by atoms with Gasteiger partial charge < -0.3 is 9.64 Å². The molecule has 3 heterocycles. The van der Waals surface area contributed by atoms with Crippen LogP contribution in [0.5, 0.6) is 0 Å². The number of pyridine rings is 1. The Morgan fingerprint density at radius 1 is 1.15 bits per heavy atom. The van der Waals surface area contributed by atoms with E-state index in [2.05, 4.69) is 22.3 Å². The molecule has 1 saturated carbocycles. The zero-order valence-electron chi connectivity index (χ0n) is 18.9. The van der Waals surface area contributed by atoms with Crippen molar-refractivity contribution in [1.82, 2.24) is 19.5 Å². The highest BCUT2D eigenvalue weighted by atomic mass is 16.5. The lowest BCUT2D eigenvalue weighted by Crippen LogP contribution is -2.37. The molecule has 1 saturated heterocycles. The second-order valence-electron chi connectivity index (χ2n) is 8.84. The first-order chi connectivity index (χ1) is 16.1. The van der Waals surface area contributed by atoms with E-state index in [9.17, 15) is 9.59 Å². The number of fused-ring (bicyclic) bond motifs is 1. The molecule has 1 aliphatic heterocycles. The molecule has 5 rings (SSSR count). The lowest BCUT2D eigenvalue weighted by molar-refractivity contribution is -0.117. The number of amides is 2. The Bertz CT molecular complexity index is 1150. The van der Waals surface area contributed by atoms with Crippen molar-refractivity contribution in [3.05, 3.63) is 48.0 Å². The number of carbonyl (C=O) groups excluding carboxylic acids is 2. The highest BCUT2D eigenvalue weighted by molar-refractivity contribution is 5.95. The molecule has 1 aromatic carbocycles. The number of rotatable bonds is 8. The minimum atomic E-state index is -0.0186. The largest absolute Gasteiger partial charge is 0.376 e. The SMILES string of the molecule is CCCN(CC1CCCO1)C(=O)c1ccc(-c2cccc3nc(NC(=O)C4CC4)nn23)cc1. The van der Waals surface area contributed by atoms with Crippen LogP contribution in [-0.2, 0) is 9.53 Å². The molecular weight excluding hydrogens is 418 g/mol. The van der Waals surface area contributed by atoms with E-state index in [0.717, 1.165) is 50.0 Å². The summed E-state index contributed by atoms with van der Waals surface area (Å²) >= 11 is 0. The van der Waals surface area contributed by atoms with Crippen molar-refractivity contribution in [2.75, 3.05) is 25.0 Å². The predicted octanol–water partition coefficient (Wildman–Crippen LogP) is 3.78. The van der Waals surface area contributed by atoms with Crippen LogP contribution in [0.4, 0.5) is 5.95 Å². The zero-order valence-corrected chi connectivity index (χ0v) is 18.9. The van der Waals surface area contributed by atoms with Gasteiger partial charge in [-0.2, -0.15) is 4.98 Å². The third-order valence-corrected chi connectivity index (χ3v) is 6.20. The number of hydrogen-bond donors (Lipinski definition) is 1. The number of anilines is 1. The summed E-state index contributed by atoms with van der Waals surface area (Å²) in [5.41, 5.74) is 3.08. The van der Waals surface area contributed by atoms with Crippen molar-refractivity contribution >= 4 is 23.4 Å². The topological polar surface area (TPSA) is 88.8 Å². The van der Waals surface area contributed by atoms with Crippen LogP contribution in [0.3, 0.4) is 0 Å². The van der Waals surface area contributed by atoms with Crippen LogP contribution in [0, 0.1) is 5.92 Å². The number of nitrogens with one attached hydrogen (secondary N) is 1. The van der Waals surface area contributed by atoms with Crippen molar-refractivity contribution in [2.24, 2.45) is 5.92 Å². The van der Waals surface area contributed by atoms with E-state index >= 15 is 0 Å². The number of carbonyl (C=O) groups is 2. The minimum Gasteiger partial charge on any atom is -0.376 e. The standard InChI is InChI=1S/C25H29N5O3/c1-2-14-29(16-20-5-4-15-33-20)24(32)19-12-8-17(9-13-19)21-6-3-7-22-26-25(28-30(21)22)27-23(31)18-10-11-18/h3,6-9,12-13,18,20H,2,4-5,10-11,14-16H2,1H3,(H,27,28,31). The molecule has 1 atom stereocenters. The molecule has 33 heavy (non-hydrogen) atoms. The van der Waals surface area contributed by atoms with Crippen LogP contribution in [0.15, 0.2) is 42.5 Å². The molecule has 2 aliphatic rings. The van der Waals surface area contributed by atoms with Crippen molar-refractivity contribution in [3.63, 3.8) is 0 Å². The maximum atomic E-state index is 13.2. The summed E-state index contributed by atoms with van der Waals surface area (Å²) in [6.45, 7) is 4.22. The van der Waals surface area contributed by atoms with Gasteiger partial charge in [0.05, 0.1) is 11.8 Å². The van der Waals surface area contributed by atoms with Gasteiger partial charge >= 0.3 is 0 Å². The fraction of sp³-hybridized carbons (Fsp3) is 0.440. The molecular formula is C25H29N5O3. The van der Waals surface area contributed by atoms with Gasteiger partial charge in [-0.1, -0.05) is 25.1 Å². The summed E-state index contributed by atoms with van der Waals surface area (Å²) in [7, 11) is 0. The lowest BCUT2D eigenvalue weighted by Gasteiger charge is -2.25. The van der Waals surface area contributed by atoms with Crippen LogP contribution in [0.25, 0.3) is 16.9 Å². The van der Waals surface area contributed by atoms with Crippen molar-refractivity contribution in [1.29, 1.82) is 0 Å². The molecule has 8 nitrogen and oxygen atoms in total. The molecule has 2 fully saturated rings. The van der Waals surface area contributed by atoms with E-state index in [1.54, 1.807) is 4.52 Å². The number of nitrogens with zero attached hydrogens (tertiary/aromatic N) is 4. The van der Waals surface area contributed by atoms with Crippen LogP contribution >= 0.6 is 0 Å². The molecule has 1 aliphatic carbocycles. The molecule has 0 radical (unpaired) electrons. The van der Waals surface area contributed by atoms with Crippen molar-refractivity contribution in [3.8, 4) is 11.3 Å². The second kappa shape index (κ2) is 9.31. The first kappa shape index (κ1) is 21.6. The molecule has 8 heteroatoms. The molecule has 2 amide bonds. The maximum Gasteiger partial charge on any atom is 0.253 e. The summed E-state index contributed by atoms with van der Waals surface area (Å²) in [5.74, 6) is 0.419. The Labute approximate surface area is 192 Å². The first-order valence-corrected chi connectivity index (χ1v) is 11.8. The zero-order chi connectivity index (χ0) is 22.8. The third-order valence-electron chi connectivity index (χ3n) is 6.20. The van der Waals surface area contributed by atoms with Gasteiger partial charge in [0.1, 0.15) is 0 Å². The van der Waals surface area contributed by atoms with Gasteiger partial charge in [-0.3, -0.25) is 14.9 Å². The minimum absolute atomic E-state index is 0.0186. The number of hydrogen-bond acceptors (Lipinski definition) is 5. The smallest absolute Gasteiger partial charge is 0.253 e. The van der Waals surface area contributed by atoms with Gasteiger partial charge in [0, 0.05) is 36.7 Å². The highest BCUT2D eigenvalue weighted by Gasteiger charge is 2.30. The Balaban J connectivity index is 1.35. The normalized spacial score (nSPS) is 17.9. The van der Waals surface area contributed by atoms with Gasteiger partial charge in [0.2, 0.25) is 11.9 Å². The average Bonchev–Trinajstić information content (AvgIpc) is 3.41. The quantitative estimate of drug-likeness (QED) is 0.568. The van der Waals surface area contributed by atoms with E-state index in [4.69, 9.17) is 4.74 Å². The van der Waals surface area contributed by atoms with Crippen LogP contribution in [0.1, 0.15) is 49.4 Å². The third kappa shape index (κ3) is 4.75. The Morgan fingerprint density at radius 3 is 2.67 bits per heavy atom. The summed E-state index contributed by atoms with van der Waals surface area (Å²) < 4.78 is 7.46. The lowest BCUT2D eigenvalue weighted by atomic mass is 10.1. The van der Waals surface area contributed by atoms with Crippen LogP contribution in [-0.4, -0.2) is 57.1 Å². The van der Waals surface area contributed by atoms with Gasteiger partial charge in [0.25, 0.3) is 5.91 Å². The van der Waals surface area contributed by atoms with Gasteiger partial charge in [-0.15, -0.1) is 5.10 Å². The fourth-order valence-electron chi connectivity index (χ4n) is 4.28. The Hall–Kier alpha value is -3.26. The number of ether oxygens (including phenoxy) is 1. The molecule has 0 spiro atoms. The molecule has 2 aromatic heterocycles. The number of aromatic nitrogens is 3. The molecule has 0 bridgehead atoms. The highest BCUT2D eigenvalue weighted by Crippen LogP contribution is 2.30. The van der Waals surface area contributed by atoms with E-state index < -0.39 is 0 Å². The van der Waals surface area contributed by atoms with E-state index in [-0.39, 0.29) is 23.8 Å². The number of benzene rings is 1. The predicted molar refractivity (Wildman–Crippen MR) is 125 cm³/mol. The molecule has 1 N–H and O–H groups in total. The molecule has 1 unspecified atom stereocenters. The first-order valence-electron chi connectivity index (χ1n) is 11.8. The van der Waals surface area contributed by atoms with Gasteiger partial charge in [0.15, 0.2) is 5.65 Å². The van der Waals surface area contributed by atoms with E-state index in [1.807, 2.05) is 47.4 Å². The fourth-order valence-corrected chi connectivity index (χ4v) is 4.28. The molecule has 172 valence electrons. The van der Waals surface area contributed by atoms with Crippen molar-refractivity contribution < 1.29 is 14.3 Å². The summed E-state index contributed by atoms with van der Waals surface area (Å²) in [6.07, 6.45) is 4.98.